The van der Waals surface area contributed by atoms with Gasteiger partial charge in [-0.05, 0) is 44.2 Å². The molecule has 6 nitrogen and oxygen atoms in total. The van der Waals surface area contributed by atoms with Crippen LogP contribution in [0.5, 0.6) is 11.5 Å². The van der Waals surface area contributed by atoms with Gasteiger partial charge < -0.3 is 18.8 Å². The van der Waals surface area contributed by atoms with Crippen molar-refractivity contribution in [2.45, 2.75) is 26.5 Å². The molecule has 0 amide bonds. The molecule has 0 saturated carbocycles. The quantitative estimate of drug-likeness (QED) is 0.422. The van der Waals surface area contributed by atoms with Gasteiger partial charge in [-0.3, -0.25) is 4.79 Å². The van der Waals surface area contributed by atoms with Crippen LogP contribution >= 0.6 is 0 Å². The van der Waals surface area contributed by atoms with Crippen LogP contribution in [0.25, 0.3) is 0 Å². The van der Waals surface area contributed by atoms with Crippen molar-refractivity contribution in [2.75, 3.05) is 13.2 Å². The van der Waals surface area contributed by atoms with E-state index >= 15 is 0 Å². The molecular formula is C24H21F2NO5. The molecule has 0 fully saturated rings. The van der Waals surface area contributed by atoms with Crippen LogP contribution in [0.3, 0.4) is 0 Å². The van der Waals surface area contributed by atoms with E-state index in [1.165, 1.54) is 0 Å². The summed E-state index contributed by atoms with van der Waals surface area (Å²) >= 11 is 0. The van der Waals surface area contributed by atoms with Crippen LogP contribution in [-0.2, 0) is 11.3 Å². The number of halogens is 2. The third kappa shape index (κ3) is 4.49. The lowest BCUT2D eigenvalue weighted by molar-refractivity contribution is 0.0473. The summed E-state index contributed by atoms with van der Waals surface area (Å²) in [6, 6.07) is 11.5. The van der Waals surface area contributed by atoms with Crippen molar-refractivity contribution in [3.63, 3.8) is 0 Å². The molecule has 8 heteroatoms. The van der Waals surface area contributed by atoms with E-state index in [9.17, 15) is 18.4 Å². The Morgan fingerprint density at radius 3 is 2.47 bits per heavy atom. The molecule has 0 saturated heterocycles. The van der Waals surface area contributed by atoms with E-state index in [-0.39, 0.29) is 11.7 Å². The molecule has 0 radical (unpaired) electrons. The van der Waals surface area contributed by atoms with Gasteiger partial charge in [-0.15, -0.1) is 0 Å². The third-order valence-corrected chi connectivity index (χ3v) is 5.26. The standard InChI is InChI=1S/C24H21F2NO5/c1-14-7-20(21(28)13-31-24(29)16-8-17(25)10-18(26)9-16)15(2)27(14)11-19-12-30-22-5-3-4-6-23(22)32-19/h3-10,19H,11-13H2,1-2H3. The molecule has 3 aromatic rings. The Hall–Kier alpha value is -3.68. The molecule has 0 N–H and O–H groups in total. The van der Waals surface area contributed by atoms with Crippen molar-refractivity contribution in [1.82, 2.24) is 4.57 Å². The molecule has 2 aromatic carbocycles. The maximum absolute atomic E-state index is 13.3. The van der Waals surface area contributed by atoms with Crippen LogP contribution in [0.1, 0.15) is 32.1 Å². The Morgan fingerprint density at radius 2 is 1.75 bits per heavy atom. The molecule has 2 heterocycles. The first-order chi connectivity index (χ1) is 15.3. The fraction of sp³-hybridized carbons (Fsp3) is 0.250. The normalized spacial score (nSPS) is 14.8. The van der Waals surface area contributed by atoms with Crippen LogP contribution in [0.4, 0.5) is 8.78 Å². The minimum absolute atomic E-state index is 0.238. The van der Waals surface area contributed by atoms with Gasteiger partial charge in [-0.1, -0.05) is 12.1 Å². The Labute approximate surface area is 183 Å². The van der Waals surface area contributed by atoms with Gasteiger partial charge in [0, 0.05) is 23.0 Å². The average molecular weight is 441 g/mol. The highest BCUT2D eigenvalue weighted by Crippen LogP contribution is 2.31. The van der Waals surface area contributed by atoms with Crippen molar-refractivity contribution in [2.24, 2.45) is 0 Å². The van der Waals surface area contributed by atoms with Crippen LogP contribution < -0.4 is 9.47 Å². The van der Waals surface area contributed by atoms with Gasteiger partial charge in [-0.25, -0.2) is 13.6 Å². The molecule has 1 aromatic heterocycles. The topological polar surface area (TPSA) is 66.8 Å². The molecule has 1 unspecified atom stereocenters. The molecule has 0 spiro atoms. The zero-order valence-electron chi connectivity index (χ0n) is 17.6. The summed E-state index contributed by atoms with van der Waals surface area (Å²) in [4.78, 5) is 24.7. The van der Waals surface area contributed by atoms with Crippen LogP contribution in [0.15, 0.2) is 48.5 Å². The summed E-state index contributed by atoms with van der Waals surface area (Å²) in [5.41, 5.74) is 1.64. The van der Waals surface area contributed by atoms with Crippen molar-refractivity contribution in [3.05, 3.63) is 82.7 Å². The van der Waals surface area contributed by atoms with Crippen LogP contribution in [0, 0.1) is 25.5 Å². The number of Topliss-reactive ketones (excluding diaryl/α,β-unsaturated/α-hetero) is 1. The van der Waals surface area contributed by atoms with Gasteiger partial charge in [0.15, 0.2) is 24.2 Å². The minimum atomic E-state index is -0.975. The number of carbonyl (C=O) groups is 2. The number of ketones is 1. The van der Waals surface area contributed by atoms with Crippen molar-refractivity contribution in [3.8, 4) is 11.5 Å². The third-order valence-electron chi connectivity index (χ3n) is 5.26. The molecule has 1 atom stereocenters. The molecule has 1 aliphatic heterocycles. The number of aromatic nitrogens is 1. The first-order valence-corrected chi connectivity index (χ1v) is 10.0. The number of ether oxygens (including phenoxy) is 3. The van der Waals surface area contributed by atoms with E-state index in [0.717, 1.165) is 17.8 Å². The van der Waals surface area contributed by atoms with Gasteiger partial charge >= 0.3 is 5.97 Å². The number of benzene rings is 2. The molecule has 32 heavy (non-hydrogen) atoms. The Bertz CT molecular complexity index is 1170. The van der Waals surface area contributed by atoms with Gasteiger partial charge in [0.05, 0.1) is 12.1 Å². The maximum atomic E-state index is 13.3. The van der Waals surface area contributed by atoms with E-state index in [0.29, 0.717) is 42.0 Å². The lowest BCUT2D eigenvalue weighted by atomic mass is 10.1. The van der Waals surface area contributed by atoms with Gasteiger partial charge in [0.25, 0.3) is 0 Å². The lowest BCUT2D eigenvalue weighted by Gasteiger charge is -2.27. The van der Waals surface area contributed by atoms with Crippen LogP contribution in [-0.4, -0.2) is 35.6 Å². The number of esters is 1. The van der Waals surface area contributed by atoms with E-state index < -0.39 is 30.0 Å². The summed E-state index contributed by atoms with van der Waals surface area (Å²) in [6.07, 6.45) is -0.238. The predicted octanol–water partition coefficient (Wildman–Crippen LogP) is 4.26. The van der Waals surface area contributed by atoms with E-state index in [2.05, 4.69) is 0 Å². The predicted molar refractivity (Wildman–Crippen MR) is 111 cm³/mol. The number of hydrogen-bond donors (Lipinski definition) is 0. The highest BCUT2D eigenvalue weighted by Gasteiger charge is 2.24. The number of para-hydroxylation sites is 2. The summed E-state index contributed by atoms with van der Waals surface area (Å²) in [5, 5.41) is 0. The largest absolute Gasteiger partial charge is 0.486 e. The van der Waals surface area contributed by atoms with E-state index in [4.69, 9.17) is 14.2 Å². The Balaban J connectivity index is 1.42. The number of fused-ring (bicyclic) bond motifs is 1. The van der Waals surface area contributed by atoms with Gasteiger partial charge in [-0.2, -0.15) is 0 Å². The second-order valence-electron chi connectivity index (χ2n) is 7.55. The number of rotatable bonds is 6. The Kier molecular flexibility index (Phi) is 5.94. The smallest absolute Gasteiger partial charge is 0.338 e. The number of carbonyl (C=O) groups excluding carboxylic acids is 2. The highest BCUT2D eigenvalue weighted by atomic mass is 19.1. The van der Waals surface area contributed by atoms with Crippen molar-refractivity contribution < 1.29 is 32.6 Å². The molecular weight excluding hydrogens is 420 g/mol. The van der Waals surface area contributed by atoms with E-state index in [1.807, 2.05) is 35.8 Å². The van der Waals surface area contributed by atoms with Gasteiger partial charge in [0.2, 0.25) is 5.78 Å². The molecule has 0 bridgehead atoms. The summed E-state index contributed by atoms with van der Waals surface area (Å²) in [5.74, 6) is -1.83. The fourth-order valence-electron chi connectivity index (χ4n) is 3.68. The Morgan fingerprint density at radius 1 is 1.06 bits per heavy atom. The van der Waals surface area contributed by atoms with Gasteiger partial charge in [0.1, 0.15) is 18.2 Å². The summed E-state index contributed by atoms with van der Waals surface area (Å²) in [7, 11) is 0. The molecule has 0 aliphatic carbocycles. The zero-order valence-corrected chi connectivity index (χ0v) is 17.6. The van der Waals surface area contributed by atoms with Crippen LogP contribution in [0.2, 0.25) is 0 Å². The monoisotopic (exact) mass is 441 g/mol. The summed E-state index contributed by atoms with van der Waals surface area (Å²) in [6.45, 7) is 3.96. The average Bonchev–Trinajstić information content (AvgIpc) is 3.05. The minimum Gasteiger partial charge on any atom is -0.486 e. The number of hydrogen-bond acceptors (Lipinski definition) is 5. The number of aryl methyl sites for hydroxylation is 1. The van der Waals surface area contributed by atoms with Crippen molar-refractivity contribution in [1.29, 1.82) is 0 Å². The number of nitrogens with zero attached hydrogens (tertiary/aromatic N) is 1. The summed E-state index contributed by atoms with van der Waals surface area (Å²) < 4.78 is 45.2. The SMILES string of the molecule is Cc1cc(C(=O)COC(=O)c2cc(F)cc(F)c2)c(C)n1CC1COc2ccccc2O1. The first-order valence-electron chi connectivity index (χ1n) is 10.0. The fourth-order valence-corrected chi connectivity index (χ4v) is 3.68. The lowest BCUT2D eigenvalue weighted by Crippen LogP contribution is -2.33. The highest BCUT2D eigenvalue weighted by molar-refractivity contribution is 6.00. The van der Waals surface area contributed by atoms with E-state index in [1.54, 1.807) is 13.0 Å². The zero-order chi connectivity index (χ0) is 22.8. The second kappa shape index (κ2) is 8.82. The molecule has 1 aliphatic rings. The van der Waals surface area contributed by atoms with Crippen molar-refractivity contribution >= 4 is 11.8 Å². The molecule has 4 rings (SSSR count). The molecule has 166 valence electrons. The second-order valence-corrected chi connectivity index (χ2v) is 7.55. The first kappa shape index (κ1) is 21.5. The maximum Gasteiger partial charge on any atom is 0.338 e.